The Kier molecular flexibility index (Phi) is 12.4. The fourth-order valence-corrected chi connectivity index (χ4v) is 4.92. The molecule has 0 aliphatic rings. The molecule has 3 N–H and O–H groups in total. The van der Waals surface area contributed by atoms with E-state index in [0.717, 1.165) is 43.2 Å². The zero-order chi connectivity index (χ0) is 27.1. The summed E-state index contributed by atoms with van der Waals surface area (Å²) >= 11 is 1.60. The molecule has 206 valence electrons. The van der Waals surface area contributed by atoms with E-state index in [4.69, 9.17) is 0 Å². The van der Waals surface area contributed by atoms with Crippen LogP contribution < -0.4 is 0 Å². The molecule has 0 aliphatic carbocycles. The molecule has 0 amide bonds. The van der Waals surface area contributed by atoms with E-state index in [2.05, 4.69) is 47.3 Å². The fraction of sp³-hybridized carbons (Fsp3) is 0.520. The van der Waals surface area contributed by atoms with Crippen LogP contribution in [0.3, 0.4) is 0 Å². The number of nitrogens with one attached hydrogen (secondary N) is 2. The minimum Gasteiger partial charge on any atom is -0.387 e. The highest BCUT2D eigenvalue weighted by Crippen LogP contribution is 2.30. The number of rotatable bonds is 17. The summed E-state index contributed by atoms with van der Waals surface area (Å²) in [7, 11) is 0. The summed E-state index contributed by atoms with van der Waals surface area (Å²) in [5.74, 6) is 1.78. The largest absolute Gasteiger partial charge is 0.389 e. The molecular weight excluding hydrogens is 517 g/mol. The second kappa shape index (κ2) is 16.0. The number of aliphatic hydroxyl groups is 1. The lowest BCUT2D eigenvalue weighted by atomic mass is 10.0. The molecule has 38 heavy (non-hydrogen) atoms. The Morgan fingerprint density at radius 1 is 0.947 bits per heavy atom. The Hall–Kier alpha value is -3.06. The number of tetrazole rings is 2. The maximum atomic E-state index is 12.2. The maximum absolute atomic E-state index is 12.2. The molecule has 2 aromatic heterocycles. The average molecular weight is 551 g/mol. The third-order valence-corrected chi connectivity index (χ3v) is 7.04. The number of alkyl halides is 3. The van der Waals surface area contributed by atoms with Gasteiger partial charge in [-0.1, -0.05) is 73.4 Å². The molecule has 0 unspecified atom stereocenters. The van der Waals surface area contributed by atoms with Crippen molar-refractivity contribution in [2.24, 2.45) is 0 Å². The van der Waals surface area contributed by atoms with Crippen molar-refractivity contribution in [2.45, 2.75) is 75.3 Å². The molecule has 3 aromatic rings. The molecule has 3 rings (SSSR count). The number of halogens is 3. The van der Waals surface area contributed by atoms with Crippen LogP contribution in [0.5, 0.6) is 0 Å². The Bertz CT molecular complexity index is 1090. The van der Waals surface area contributed by atoms with Crippen molar-refractivity contribution in [3.63, 3.8) is 0 Å². The van der Waals surface area contributed by atoms with E-state index in [0.29, 0.717) is 30.2 Å². The Morgan fingerprint density at radius 3 is 2.45 bits per heavy atom. The number of aryl methyl sites for hydroxylation is 1. The minimum atomic E-state index is -4.04. The number of benzene rings is 1. The topological polar surface area (TPSA) is 129 Å². The highest BCUT2D eigenvalue weighted by molar-refractivity contribution is 8.00. The van der Waals surface area contributed by atoms with Gasteiger partial charge in [0.2, 0.25) is 5.82 Å². The molecule has 0 radical (unpaired) electrons. The maximum Gasteiger partial charge on any atom is 0.389 e. The van der Waals surface area contributed by atoms with Crippen LogP contribution in [-0.4, -0.2) is 63.5 Å². The molecule has 13 heteroatoms. The second-order valence-corrected chi connectivity index (χ2v) is 10.1. The fourth-order valence-electron chi connectivity index (χ4n) is 3.81. The smallest absolute Gasteiger partial charge is 0.387 e. The van der Waals surface area contributed by atoms with E-state index in [1.807, 2.05) is 42.5 Å². The van der Waals surface area contributed by atoms with Crippen LogP contribution in [0, 0.1) is 0 Å². The summed E-state index contributed by atoms with van der Waals surface area (Å²) in [4.78, 5) is 0. The van der Waals surface area contributed by atoms with Crippen molar-refractivity contribution in [1.82, 2.24) is 41.2 Å². The van der Waals surface area contributed by atoms with Crippen molar-refractivity contribution < 1.29 is 18.3 Å². The first-order valence-corrected chi connectivity index (χ1v) is 13.7. The molecule has 0 saturated carbocycles. The van der Waals surface area contributed by atoms with E-state index in [1.54, 1.807) is 11.8 Å². The van der Waals surface area contributed by atoms with Gasteiger partial charge in [0.25, 0.3) is 0 Å². The van der Waals surface area contributed by atoms with Gasteiger partial charge in [0, 0.05) is 24.2 Å². The third-order valence-electron chi connectivity index (χ3n) is 5.80. The van der Waals surface area contributed by atoms with Crippen LogP contribution >= 0.6 is 11.8 Å². The molecule has 9 nitrogen and oxygen atoms in total. The molecule has 2 atom stereocenters. The van der Waals surface area contributed by atoms with Crippen LogP contribution in [-0.2, 0) is 6.42 Å². The average Bonchev–Trinajstić information content (AvgIpc) is 3.62. The van der Waals surface area contributed by atoms with Crippen LogP contribution in [0.15, 0.2) is 48.6 Å². The van der Waals surface area contributed by atoms with Crippen LogP contribution in [0.4, 0.5) is 13.2 Å². The van der Waals surface area contributed by atoms with Gasteiger partial charge >= 0.3 is 6.18 Å². The predicted octanol–water partition coefficient (Wildman–Crippen LogP) is 5.55. The van der Waals surface area contributed by atoms with Crippen LogP contribution in [0.25, 0.3) is 11.4 Å². The molecule has 2 heterocycles. The number of unbranched alkanes of at least 4 members (excludes halogenated alkanes) is 6. The third kappa shape index (κ3) is 11.1. The van der Waals surface area contributed by atoms with Gasteiger partial charge in [-0.25, -0.2) is 0 Å². The Morgan fingerprint density at radius 2 is 1.71 bits per heavy atom. The number of hydrogen-bond donors (Lipinski definition) is 3. The number of H-pyrrole nitrogens is 2. The molecule has 0 aliphatic heterocycles. The van der Waals surface area contributed by atoms with Gasteiger partial charge in [0.15, 0.2) is 5.82 Å². The zero-order valence-electron chi connectivity index (χ0n) is 21.0. The van der Waals surface area contributed by atoms with Crippen molar-refractivity contribution in [3.05, 3.63) is 60.0 Å². The summed E-state index contributed by atoms with van der Waals surface area (Å²) in [6.45, 7) is 0. The first kappa shape index (κ1) is 29.5. The highest BCUT2D eigenvalue weighted by Gasteiger charge is 2.25. The Balaban J connectivity index is 1.47. The Labute approximate surface area is 223 Å². The van der Waals surface area contributed by atoms with Crippen molar-refractivity contribution in [1.29, 1.82) is 0 Å². The van der Waals surface area contributed by atoms with Crippen LogP contribution in [0.1, 0.15) is 68.9 Å². The van der Waals surface area contributed by atoms with Gasteiger partial charge in [0.05, 0.1) is 11.4 Å². The summed E-state index contributed by atoms with van der Waals surface area (Å²) in [5, 5.41) is 39.0. The molecule has 0 fully saturated rings. The van der Waals surface area contributed by atoms with Gasteiger partial charge < -0.3 is 5.11 Å². The lowest BCUT2D eigenvalue weighted by Crippen LogP contribution is -2.14. The van der Waals surface area contributed by atoms with Crippen LogP contribution in [0.2, 0.25) is 0 Å². The summed E-state index contributed by atoms with van der Waals surface area (Å²) < 4.78 is 36.5. The van der Waals surface area contributed by atoms with Gasteiger partial charge in [-0.3, -0.25) is 0 Å². The first-order chi connectivity index (χ1) is 18.4. The molecule has 0 saturated heterocycles. The lowest BCUT2D eigenvalue weighted by Gasteiger charge is -2.20. The number of hydrogen-bond acceptors (Lipinski definition) is 8. The number of aromatic amines is 2. The molecule has 0 spiro atoms. The quantitative estimate of drug-likeness (QED) is 0.147. The molecule has 0 bridgehead atoms. The normalized spacial score (nSPS) is 14.0. The second-order valence-electron chi connectivity index (χ2n) is 8.81. The van der Waals surface area contributed by atoms with Gasteiger partial charge in [0.1, 0.15) is 0 Å². The monoisotopic (exact) mass is 550 g/mol. The number of thioether (sulfide) groups is 1. The lowest BCUT2D eigenvalue weighted by molar-refractivity contribution is -0.135. The van der Waals surface area contributed by atoms with Crippen molar-refractivity contribution in [2.75, 3.05) is 5.75 Å². The minimum absolute atomic E-state index is 0.218. The highest BCUT2D eigenvalue weighted by atomic mass is 32.2. The van der Waals surface area contributed by atoms with Gasteiger partial charge in [-0.05, 0) is 36.1 Å². The first-order valence-electron chi connectivity index (χ1n) is 12.7. The molecule has 1 aromatic carbocycles. The van der Waals surface area contributed by atoms with Gasteiger partial charge in [-0.15, -0.1) is 20.4 Å². The standard InChI is InChI=1S/C25H33F3N8OS/c26-25(27,28)16-10-8-6-4-2-1-3-5-7-9-14-21(38-17-15-22-29-33-34-30-22)23(37)19-12-11-13-20(18-19)24-31-35-36-32-24/h5,7,9,11-14,18,21,23,37H,1-4,6,8,10,15-17H2,(H,29,30,33,34)(H,31,32,35,36)/t21-,23+/m0/s1. The van der Waals surface area contributed by atoms with Crippen molar-refractivity contribution in [3.8, 4) is 11.4 Å². The summed E-state index contributed by atoms with van der Waals surface area (Å²) in [6, 6.07) is 7.44. The predicted molar refractivity (Wildman–Crippen MR) is 140 cm³/mol. The SMILES string of the molecule is O[C@H](c1cccc(-c2nn[nH]n2)c1)[C@H](C=CC=CCCCCCCCCC(F)(F)F)SCCc1nn[nH]n1. The van der Waals surface area contributed by atoms with Gasteiger partial charge in [-0.2, -0.15) is 35.4 Å². The number of aromatic nitrogens is 8. The van der Waals surface area contributed by atoms with E-state index < -0.39 is 18.7 Å². The molecular formula is C25H33F3N8OS. The van der Waals surface area contributed by atoms with E-state index in [9.17, 15) is 18.3 Å². The number of nitrogens with zero attached hydrogens (tertiary/aromatic N) is 6. The van der Waals surface area contributed by atoms with E-state index in [1.165, 1.54) is 0 Å². The van der Waals surface area contributed by atoms with E-state index in [-0.39, 0.29) is 11.7 Å². The van der Waals surface area contributed by atoms with Crippen molar-refractivity contribution >= 4 is 11.8 Å². The number of aliphatic hydroxyl groups excluding tert-OH is 1. The summed E-state index contributed by atoms with van der Waals surface area (Å²) in [6.07, 6.45) is 8.63. The zero-order valence-corrected chi connectivity index (χ0v) is 21.8. The number of allylic oxidation sites excluding steroid dienone is 3. The van der Waals surface area contributed by atoms with E-state index >= 15 is 0 Å². The summed E-state index contributed by atoms with van der Waals surface area (Å²) in [5.41, 5.74) is 1.50.